The van der Waals surface area contributed by atoms with Crippen LogP contribution in [-0.4, -0.2) is 24.5 Å². The Balaban J connectivity index is 1.81. The first kappa shape index (κ1) is 17.1. The summed E-state index contributed by atoms with van der Waals surface area (Å²) in [6.45, 7) is 0.508. The summed E-state index contributed by atoms with van der Waals surface area (Å²) < 4.78 is 15.8. The molecule has 0 saturated heterocycles. The highest BCUT2D eigenvalue weighted by molar-refractivity contribution is 6.11. The Hall–Kier alpha value is -4.00. The standard InChI is InChI=1S/C22H15FN4O2/c23-15-6-4-14(5-7-15)12-26-13-17(18-3-1-2-9-24-18)20-16-8-10-27(29)22(28)21(16)25-11-19(20)26/h1-11,13,29H,12H2. The van der Waals surface area contributed by atoms with E-state index in [1.807, 2.05) is 29.0 Å². The number of fused-ring (bicyclic) bond motifs is 3. The molecule has 7 heteroatoms. The highest BCUT2D eigenvalue weighted by atomic mass is 19.1. The van der Waals surface area contributed by atoms with Crippen LogP contribution in [0.2, 0.25) is 0 Å². The first-order chi connectivity index (χ1) is 14.1. The third kappa shape index (κ3) is 2.84. The van der Waals surface area contributed by atoms with Crippen molar-refractivity contribution in [2.75, 3.05) is 0 Å². The van der Waals surface area contributed by atoms with Crippen LogP contribution in [0.1, 0.15) is 5.56 Å². The molecule has 0 aliphatic carbocycles. The van der Waals surface area contributed by atoms with Crippen LogP contribution in [-0.2, 0) is 6.54 Å². The van der Waals surface area contributed by atoms with Crippen LogP contribution < -0.4 is 5.56 Å². The van der Waals surface area contributed by atoms with Gasteiger partial charge in [0.2, 0.25) is 0 Å². The normalized spacial score (nSPS) is 11.3. The number of hydrogen-bond acceptors (Lipinski definition) is 4. The molecule has 0 spiro atoms. The summed E-state index contributed by atoms with van der Waals surface area (Å²) in [5.74, 6) is -0.284. The molecule has 1 aromatic carbocycles. The highest BCUT2D eigenvalue weighted by Crippen LogP contribution is 2.34. The van der Waals surface area contributed by atoms with Crippen molar-refractivity contribution in [3.63, 3.8) is 0 Å². The van der Waals surface area contributed by atoms with Gasteiger partial charge in [-0.2, -0.15) is 4.73 Å². The van der Waals surface area contributed by atoms with Gasteiger partial charge in [0, 0.05) is 41.5 Å². The summed E-state index contributed by atoms with van der Waals surface area (Å²) in [6, 6.07) is 13.6. The molecule has 1 N–H and O–H groups in total. The first-order valence-corrected chi connectivity index (χ1v) is 9.00. The molecule has 0 aliphatic heterocycles. The molecule has 6 nitrogen and oxygen atoms in total. The molecule has 0 saturated carbocycles. The van der Waals surface area contributed by atoms with Crippen molar-refractivity contribution in [3.8, 4) is 11.3 Å². The molecule has 0 fully saturated rings. The SMILES string of the molecule is O=c1c2ncc3c(c(-c4ccccn4)cn3Cc3ccc(F)cc3)c2ccn1O. The molecule has 0 aliphatic rings. The van der Waals surface area contributed by atoms with Crippen LogP contribution in [0.25, 0.3) is 33.1 Å². The van der Waals surface area contributed by atoms with Crippen LogP contribution >= 0.6 is 0 Å². The molecule has 5 aromatic rings. The van der Waals surface area contributed by atoms with Crippen LogP contribution in [0.5, 0.6) is 0 Å². The zero-order chi connectivity index (χ0) is 20.0. The lowest BCUT2D eigenvalue weighted by molar-refractivity contribution is 0.176. The van der Waals surface area contributed by atoms with Crippen LogP contribution in [0.4, 0.5) is 4.39 Å². The van der Waals surface area contributed by atoms with Crippen molar-refractivity contribution < 1.29 is 9.60 Å². The molecule has 142 valence electrons. The number of aromatic nitrogens is 4. The summed E-state index contributed by atoms with van der Waals surface area (Å²) in [5.41, 5.74) is 2.96. The molecule has 0 amide bonds. The average molecular weight is 386 g/mol. The molecule has 0 atom stereocenters. The van der Waals surface area contributed by atoms with E-state index < -0.39 is 5.56 Å². The van der Waals surface area contributed by atoms with Crippen LogP contribution in [0.3, 0.4) is 0 Å². The Labute approximate surface area is 164 Å². The maximum Gasteiger partial charge on any atom is 0.309 e. The van der Waals surface area contributed by atoms with E-state index in [-0.39, 0.29) is 11.3 Å². The number of nitrogens with zero attached hydrogens (tertiary/aromatic N) is 4. The minimum atomic E-state index is -0.581. The van der Waals surface area contributed by atoms with E-state index >= 15 is 0 Å². The quantitative estimate of drug-likeness (QED) is 0.478. The lowest BCUT2D eigenvalue weighted by Gasteiger charge is -2.07. The van der Waals surface area contributed by atoms with Crippen molar-refractivity contribution in [2.24, 2.45) is 0 Å². The molecule has 29 heavy (non-hydrogen) atoms. The number of benzene rings is 1. The monoisotopic (exact) mass is 386 g/mol. The molecule has 4 aromatic heterocycles. The maximum atomic E-state index is 13.3. The minimum Gasteiger partial charge on any atom is -0.425 e. The van der Waals surface area contributed by atoms with Crippen molar-refractivity contribution in [1.29, 1.82) is 0 Å². The van der Waals surface area contributed by atoms with E-state index in [4.69, 9.17) is 0 Å². The van der Waals surface area contributed by atoms with Crippen LogP contribution in [0, 0.1) is 5.82 Å². The summed E-state index contributed by atoms with van der Waals surface area (Å²) in [6.07, 6.45) is 6.60. The zero-order valence-electron chi connectivity index (χ0n) is 15.2. The Morgan fingerprint density at radius 2 is 1.86 bits per heavy atom. The van der Waals surface area contributed by atoms with E-state index in [9.17, 15) is 14.4 Å². The van der Waals surface area contributed by atoms with Crippen molar-refractivity contribution in [3.05, 3.63) is 95.1 Å². The fourth-order valence-electron chi connectivity index (χ4n) is 3.59. The van der Waals surface area contributed by atoms with Gasteiger partial charge in [0.15, 0.2) is 0 Å². The summed E-state index contributed by atoms with van der Waals surface area (Å²) >= 11 is 0. The van der Waals surface area contributed by atoms with Crippen molar-refractivity contribution in [2.45, 2.75) is 6.54 Å². The molecular formula is C22H15FN4O2. The minimum absolute atomic E-state index is 0.180. The van der Waals surface area contributed by atoms with Crippen molar-refractivity contribution in [1.82, 2.24) is 19.3 Å². The van der Waals surface area contributed by atoms with Gasteiger partial charge < -0.3 is 9.77 Å². The topological polar surface area (TPSA) is 72.9 Å². The summed E-state index contributed by atoms with van der Waals surface area (Å²) in [7, 11) is 0. The van der Waals surface area contributed by atoms with E-state index in [2.05, 4.69) is 9.97 Å². The highest BCUT2D eigenvalue weighted by Gasteiger charge is 2.17. The fraction of sp³-hybridized carbons (Fsp3) is 0.0455. The van der Waals surface area contributed by atoms with Gasteiger partial charge in [0.25, 0.3) is 0 Å². The largest absolute Gasteiger partial charge is 0.425 e. The number of pyridine rings is 3. The third-order valence-electron chi connectivity index (χ3n) is 4.96. The van der Waals surface area contributed by atoms with Gasteiger partial charge in [-0.3, -0.25) is 9.78 Å². The molecule has 5 rings (SSSR count). The molecule has 0 bridgehead atoms. The maximum absolute atomic E-state index is 13.3. The second-order valence-electron chi connectivity index (χ2n) is 6.76. The summed E-state index contributed by atoms with van der Waals surface area (Å²) in [5, 5.41) is 11.2. The predicted molar refractivity (Wildman–Crippen MR) is 107 cm³/mol. The van der Waals surface area contributed by atoms with Gasteiger partial charge in [-0.15, -0.1) is 0 Å². The van der Waals surface area contributed by atoms with Gasteiger partial charge in [0.1, 0.15) is 11.3 Å². The lowest BCUT2D eigenvalue weighted by Crippen LogP contribution is -2.17. The van der Waals surface area contributed by atoms with Gasteiger partial charge in [-0.25, -0.2) is 9.37 Å². The summed E-state index contributed by atoms with van der Waals surface area (Å²) in [4.78, 5) is 21.1. The van der Waals surface area contributed by atoms with Gasteiger partial charge in [-0.05, 0) is 35.9 Å². The molecule has 0 radical (unpaired) electrons. The van der Waals surface area contributed by atoms with Crippen LogP contribution in [0.15, 0.2) is 78.1 Å². The Morgan fingerprint density at radius 3 is 2.62 bits per heavy atom. The smallest absolute Gasteiger partial charge is 0.309 e. The van der Waals surface area contributed by atoms with Gasteiger partial charge in [0.05, 0.1) is 17.4 Å². The fourth-order valence-corrected chi connectivity index (χ4v) is 3.59. The third-order valence-corrected chi connectivity index (χ3v) is 4.96. The number of hydrogen-bond donors (Lipinski definition) is 1. The molecular weight excluding hydrogens is 371 g/mol. The van der Waals surface area contributed by atoms with E-state index in [0.717, 1.165) is 27.7 Å². The Bertz CT molecular complexity index is 1410. The Morgan fingerprint density at radius 1 is 1.03 bits per heavy atom. The second kappa shape index (κ2) is 6.56. The van der Waals surface area contributed by atoms with E-state index in [1.165, 1.54) is 18.3 Å². The Kier molecular flexibility index (Phi) is 3.87. The number of halogens is 1. The zero-order valence-corrected chi connectivity index (χ0v) is 15.2. The second-order valence-corrected chi connectivity index (χ2v) is 6.76. The molecule has 4 heterocycles. The number of rotatable bonds is 3. The average Bonchev–Trinajstić information content (AvgIpc) is 3.12. The first-order valence-electron chi connectivity index (χ1n) is 9.00. The molecule has 0 unspecified atom stereocenters. The predicted octanol–water partition coefficient (Wildman–Crippen LogP) is 3.84. The van der Waals surface area contributed by atoms with Gasteiger partial charge in [-0.1, -0.05) is 18.2 Å². The van der Waals surface area contributed by atoms with E-state index in [1.54, 1.807) is 30.6 Å². The van der Waals surface area contributed by atoms with Crippen molar-refractivity contribution >= 4 is 21.8 Å². The van der Waals surface area contributed by atoms with Gasteiger partial charge >= 0.3 is 5.56 Å². The van der Waals surface area contributed by atoms with E-state index in [0.29, 0.717) is 16.7 Å². The lowest BCUT2D eigenvalue weighted by atomic mass is 10.1.